The zero-order valence-corrected chi connectivity index (χ0v) is 15.5. The maximum Gasteiger partial charge on any atom is 0.336 e. The van der Waals surface area contributed by atoms with Crippen LogP contribution in [0.2, 0.25) is 0 Å². The Morgan fingerprint density at radius 3 is 2.34 bits per heavy atom. The largest absolute Gasteiger partial charge is 0.507 e. The third-order valence-electron chi connectivity index (χ3n) is 5.17. The van der Waals surface area contributed by atoms with Gasteiger partial charge in [-0.05, 0) is 35.9 Å². The molecule has 5 rings (SSSR count). The van der Waals surface area contributed by atoms with Crippen molar-refractivity contribution in [2.45, 2.75) is 12.5 Å². The minimum atomic E-state index is -0.456. The van der Waals surface area contributed by atoms with Gasteiger partial charge in [0, 0.05) is 17.9 Å². The summed E-state index contributed by atoms with van der Waals surface area (Å²) in [4.78, 5) is 11.8. The molecule has 2 heterocycles. The first-order valence-electron chi connectivity index (χ1n) is 9.43. The van der Waals surface area contributed by atoms with E-state index in [-0.39, 0.29) is 11.8 Å². The van der Waals surface area contributed by atoms with Crippen molar-refractivity contribution in [2.24, 2.45) is 5.10 Å². The third-order valence-corrected chi connectivity index (χ3v) is 5.17. The lowest BCUT2D eigenvalue weighted by Crippen LogP contribution is -2.18. The van der Waals surface area contributed by atoms with E-state index in [1.807, 2.05) is 53.5 Å². The minimum Gasteiger partial charge on any atom is -0.507 e. The van der Waals surface area contributed by atoms with Crippen molar-refractivity contribution in [3.05, 3.63) is 106 Å². The molecule has 0 saturated carbocycles. The van der Waals surface area contributed by atoms with Crippen LogP contribution in [0.1, 0.15) is 23.6 Å². The molecule has 0 saturated heterocycles. The molecule has 5 heteroatoms. The monoisotopic (exact) mass is 382 g/mol. The van der Waals surface area contributed by atoms with E-state index in [2.05, 4.69) is 12.1 Å². The summed E-state index contributed by atoms with van der Waals surface area (Å²) >= 11 is 0. The summed E-state index contributed by atoms with van der Waals surface area (Å²) in [5.74, 6) is 0.0484. The Labute approximate surface area is 167 Å². The molecule has 1 atom stereocenters. The van der Waals surface area contributed by atoms with E-state index in [0.29, 0.717) is 23.3 Å². The van der Waals surface area contributed by atoms with E-state index in [1.165, 1.54) is 6.07 Å². The van der Waals surface area contributed by atoms with Gasteiger partial charge in [0.05, 0.1) is 23.0 Å². The molecule has 0 spiro atoms. The number of phenols is 1. The van der Waals surface area contributed by atoms with Crippen molar-refractivity contribution in [3.63, 3.8) is 0 Å². The first-order valence-corrected chi connectivity index (χ1v) is 9.43. The molecule has 0 radical (unpaired) electrons. The number of hydrogen-bond acceptors (Lipinski definition) is 5. The summed E-state index contributed by atoms with van der Waals surface area (Å²) in [5, 5.41) is 18.2. The Kier molecular flexibility index (Phi) is 4.13. The highest BCUT2D eigenvalue weighted by molar-refractivity contribution is 6.12. The fraction of sp³-hybridized carbons (Fsp3) is 0.0833. The van der Waals surface area contributed by atoms with E-state index < -0.39 is 5.63 Å². The van der Waals surface area contributed by atoms with Gasteiger partial charge in [-0.3, -0.25) is 5.01 Å². The first kappa shape index (κ1) is 17.3. The number of fused-ring (bicyclic) bond motifs is 1. The Hall–Kier alpha value is -3.86. The van der Waals surface area contributed by atoms with Gasteiger partial charge in [0.2, 0.25) is 0 Å². The molecule has 1 aliphatic heterocycles. The molecule has 29 heavy (non-hydrogen) atoms. The molecule has 0 fully saturated rings. The fourth-order valence-corrected chi connectivity index (χ4v) is 3.82. The lowest BCUT2D eigenvalue weighted by molar-refractivity contribution is 0.471. The number of phenolic OH excluding ortho intramolecular Hbond substituents is 1. The summed E-state index contributed by atoms with van der Waals surface area (Å²) in [6, 6.07) is 26.4. The highest BCUT2D eigenvalue weighted by Gasteiger charge is 2.32. The van der Waals surface area contributed by atoms with Gasteiger partial charge in [0.25, 0.3) is 0 Å². The predicted molar refractivity (Wildman–Crippen MR) is 113 cm³/mol. The van der Waals surface area contributed by atoms with E-state index in [9.17, 15) is 9.90 Å². The number of aromatic hydroxyl groups is 1. The molecule has 1 N–H and O–H groups in total. The molecule has 5 nitrogen and oxygen atoms in total. The summed E-state index contributed by atoms with van der Waals surface area (Å²) in [5.41, 5.74) is 3.13. The third kappa shape index (κ3) is 3.06. The van der Waals surface area contributed by atoms with Crippen LogP contribution in [0.5, 0.6) is 5.75 Å². The molecular weight excluding hydrogens is 364 g/mol. The van der Waals surface area contributed by atoms with Crippen molar-refractivity contribution in [1.82, 2.24) is 0 Å². The Bertz CT molecular complexity index is 1260. The molecule has 1 aliphatic rings. The van der Waals surface area contributed by atoms with E-state index >= 15 is 0 Å². The standard InChI is InChI=1S/C24H18N2O3/c27-21-13-11-17-12-14-22(28)29-24(17)23(21)19-15-20(16-7-3-1-4-8-16)26(25-19)18-9-5-2-6-10-18/h1-14,20,27H,15H2. The summed E-state index contributed by atoms with van der Waals surface area (Å²) < 4.78 is 5.45. The van der Waals surface area contributed by atoms with Crippen molar-refractivity contribution in [2.75, 3.05) is 5.01 Å². The summed E-state index contributed by atoms with van der Waals surface area (Å²) in [6.07, 6.45) is 0.574. The number of rotatable bonds is 3. The second-order valence-corrected chi connectivity index (χ2v) is 6.99. The molecule has 0 amide bonds. The Morgan fingerprint density at radius 2 is 1.59 bits per heavy atom. The topological polar surface area (TPSA) is 66.0 Å². The highest BCUT2D eigenvalue weighted by Crippen LogP contribution is 2.39. The lowest BCUT2D eigenvalue weighted by Gasteiger charge is -2.23. The molecule has 4 aromatic rings. The van der Waals surface area contributed by atoms with E-state index in [1.54, 1.807) is 18.2 Å². The molecule has 0 aliphatic carbocycles. The predicted octanol–water partition coefficient (Wildman–Crippen LogP) is 4.85. The van der Waals surface area contributed by atoms with Gasteiger partial charge < -0.3 is 9.52 Å². The molecule has 1 unspecified atom stereocenters. The van der Waals surface area contributed by atoms with E-state index in [0.717, 1.165) is 16.6 Å². The Morgan fingerprint density at radius 1 is 0.897 bits per heavy atom. The van der Waals surface area contributed by atoms with Gasteiger partial charge in [0.15, 0.2) is 5.58 Å². The number of benzene rings is 3. The van der Waals surface area contributed by atoms with Crippen LogP contribution < -0.4 is 10.6 Å². The molecule has 0 bridgehead atoms. The number of hydrogen-bond donors (Lipinski definition) is 1. The second-order valence-electron chi connectivity index (χ2n) is 6.99. The van der Waals surface area contributed by atoms with Gasteiger partial charge in [-0.2, -0.15) is 5.10 Å². The maximum absolute atomic E-state index is 11.8. The van der Waals surface area contributed by atoms with Gasteiger partial charge in [-0.1, -0.05) is 48.5 Å². The second kappa shape index (κ2) is 6.95. The maximum atomic E-state index is 11.8. The van der Waals surface area contributed by atoms with E-state index in [4.69, 9.17) is 9.52 Å². The number of nitrogens with zero attached hydrogens (tertiary/aromatic N) is 2. The normalized spacial score (nSPS) is 16.2. The summed E-state index contributed by atoms with van der Waals surface area (Å²) in [6.45, 7) is 0. The number of hydrazone groups is 1. The Balaban J connectivity index is 1.69. The summed E-state index contributed by atoms with van der Waals surface area (Å²) in [7, 11) is 0. The SMILES string of the molecule is O=c1ccc2ccc(O)c(C3=NN(c4ccccc4)C(c4ccccc4)C3)c2o1. The highest BCUT2D eigenvalue weighted by atomic mass is 16.4. The van der Waals surface area contributed by atoms with Crippen molar-refractivity contribution in [1.29, 1.82) is 0 Å². The van der Waals surface area contributed by atoms with Crippen LogP contribution in [-0.4, -0.2) is 10.8 Å². The van der Waals surface area contributed by atoms with Gasteiger partial charge in [0.1, 0.15) is 5.75 Å². The van der Waals surface area contributed by atoms with Crippen molar-refractivity contribution >= 4 is 22.4 Å². The van der Waals surface area contributed by atoms with Crippen molar-refractivity contribution < 1.29 is 9.52 Å². The zero-order valence-electron chi connectivity index (χ0n) is 15.5. The smallest absolute Gasteiger partial charge is 0.336 e. The average molecular weight is 382 g/mol. The average Bonchev–Trinajstić information content (AvgIpc) is 3.20. The zero-order chi connectivity index (χ0) is 19.8. The quantitative estimate of drug-likeness (QED) is 0.514. The van der Waals surface area contributed by atoms with Gasteiger partial charge >= 0.3 is 5.63 Å². The number of anilines is 1. The van der Waals surface area contributed by atoms with Crippen LogP contribution >= 0.6 is 0 Å². The van der Waals surface area contributed by atoms with Gasteiger partial charge in [-0.25, -0.2) is 4.79 Å². The molecule has 142 valence electrons. The number of para-hydroxylation sites is 1. The van der Waals surface area contributed by atoms with Crippen LogP contribution in [0.4, 0.5) is 5.69 Å². The lowest BCUT2D eigenvalue weighted by atomic mass is 9.96. The molecule has 1 aromatic heterocycles. The van der Waals surface area contributed by atoms with Crippen LogP contribution in [0.15, 0.2) is 99.2 Å². The fourth-order valence-electron chi connectivity index (χ4n) is 3.82. The minimum absolute atomic E-state index is 0.0290. The van der Waals surface area contributed by atoms with Crippen LogP contribution in [-0.2, 0) is 0 Å². The van der Waals surface area contributed by atoms with Crippen LogP contribution in [0.25, 0.3) is 11.0 Å². The molecule has 3 aromatic carbocycles. The van der Waals surface area contributed by atoms with Crippen LogP contribution in [0, 0.1) is 0 Å². The van der Waals surface area contributed by atoms with Crippen LogP contribution in [0.3, 0.4) is 0 Å². The van der Waals surface area contributed by atoms with Crippen molar-refractivity contribution in [3.8, 4) is 5.75 Å². The molecular formula is C24H18N2O3. The van der Waals surface area contributed by atoms with Gasteiger partial charge in [-0.15, -0.1) is 0 Å². The first-order chi connectivity index (χ1) is 14.2.